The number of ether oxygens (including phenoxy) is 1. The first-order valence-electron chi connectivity index (χ1n) is 6.61. The molecule has 2 aromatic rings. The van der Waals surface area contributed by atoms with Gasteiger partial charge in [-0.3, -0.25) is 0 Å². The van der Waals surface area contributed by atoms with E-state index in [1.807, 2.05) is 37.2 Å². The van der Waals surface area contributed by atoms with Crippen LogP contribution in [0.5, 0.6) is 5.88 Å². The minimum absolute atomic E-state index is 0.206. The van der Waals surface area contributed by atoms with Gasteiger partial charge < -0.3 is 19.4 Å². The molecule has 0 fully saturated rings. The van der Waals surface area contributed by atoms with Gasteiger partial charge >= 0.3 is 0 Å². The number of nitrogens with zero attached hydrogens (tertiary/aromatic N) is 2. The Morgan fingerprint density at radius 1 is 1.40 bits per heavy atom. The minimum atomic E-state index is 0.206. The number of anilines is 2. The van der Waals surface area contributed by atoms with Crippen molar-refractivity contribution in [2.45, 2.75) is 19.4 Å². The van der Waals surface area contributed by atoms with Crippen molar-refractivity contribution < 1.29 is 9.15 Å². The van der Waals surface area contributed by atoms with E-state index in [1.165, 1.54) is 0 Å². The Balaban J connectivity index is 2.18. The highest BCUT2D eigenvalue weighted by atomic mass is 16.5. The van der Waals surface area contributed by atoms with E-state index in [4.69, 9.17) is 9.15 Å². The van der Waals surface area contributed by atoms with Gasteiger partial charge in [0.25, 0.3) is 0 Å². The molecule has 2 rings (SSSR count). The maximum atomic E-state index is 5.38. The largest absolute Gasteiger partial charge is 0.479 e. The summed E-state index contributed by atoms with van der Waals surface area (Å²) in [5.74, 6) is 1.56. The average Bonchev–Trinajstić information content (AvgIpc) is 2.91. The summed E-state index contributed by atoms with van der Waals surface area (Å²) in [6.45, 7) is 2.11. The lowest BCUT2D eigenvalue weighted by Gasteiger charge is -2.22. The van der Waals surface area contributed by atoms with Gasteiger partial charge in [-0.05, 0) is 25.1 Å². The molecule has 5 nitrogen and oxygen atoms in total. The Morgan fingerprint density at radius 2 is 2.20 bits per heavy atom. The number of aromatic nitrogens is 1. The van der Waals surface area contributed by atoms with Gasteiger partial charge in [0.05, 0.1) is 19.1 Å². The molecule has 1 N–H and O–H groups in total. The van der Waals surface area contributed by atoms with Crippen LogP contribution in [-0.2, 0) is 6.42 Å². The van der Waals surface area contributed by atoms with Crippen LogP contribution in [0.4, 0.5) is 11.4 Å². The molecule has 0 radical (unpaired) electrons. The highest BCUT2D eigenvalue weighted by molar-refractivity contribution is 5.74. The molecular formula is C15H21N3O2. The first kappa shape index (κ1) is 14.2. The average molecular weight is 275 g/mol. The van der Waals surface area contributed by atoms with E-state index in [-0.39, 0.29) is 6.04 Å². The predicted octanol–water partition coefficient (Wildman–Crippen LogP) is 2.79. The zero-order chi connectivity index (χ0) is 14.5. The van der Waals surface area contributed by atoms with E-state index >= 15 is 0 Å². The number of furan rings is 1. The van der Waals surface area contributed by atoms with Crippen molar-refractivity contribution in [3.05, 3.63) is 36.4 Å². The quantitative estimate of drug-likeness (QED) is 0.878. The second kappa shape index (κ2) is 6.32. The predicted molar refractivity (Wildman–Crippen MR) is 80.6 cm³/mol. The SMILES string of the molecule is COc1nccc(N(C)C)c1NC(C)Cc1ccco1. The Kier molecular flexibility index (Phi) is 4.50. The Morgan fingerprint density at radius 3 is 2.80 bits per heavy atom. The third-order valence-corrected chi connectivity index (χ3v) is 3.05. The van der Waals surface area contributed by atoms with Crippen molar-refractivity contribution in [3.63, 3.8) is 0 Å². The van der Waals surface area contributed by atoms with Crippen molar-refractivity contribution in [2.24, 2.45) is 0 Å². The highest BCUT2D eigenvalue weighted by Gasteiger charge is 2.15. The molecule has 2 aromatic heterocycles. The third kappa shape index (κ3) is 3.23. The number of methoxy groups -OCH3 is 1. The van der Waals surface area contributed by atoms with Crippen LogP contribution in [0.25, 0.3) is 0 Å². The molecular weight excluding hydrogens is 254 g/mol. The number of nitrogens with one attached hydrogen (secondary N) is 1. The first-order valence-corrected chi connectivity index (χ1v) is 6.61. The van der Waals surface area contributed by atoms with Crippen molar-refractivity contribution in [3.8, 4) is 5.88 Å². The summed E-state index contributed by atoms with van der Waals surface area (Å²) >= 11 is 0. The number of pyridine rings is 1. The van der Waals surface area contributed by atoms with Gasteiger partial charge in [-0.2, -0.15) is 0 Å². The molecule has 108 valence electrons. The van der Waals surface area contributed by atoms with E-state index in [0.29, 0.717) is 5.88 Å². The van der Waals surface area contributed by atoms with Crippen LogP contribution in [0.15, 0.2) is 35.1 Å². The zero-order valence-corrected chi connectivity index (χ0v) is 12.4. The minimum Gasteiger partial charge on any atom is -0.479 e. The van der Waals surface area contributed by atoms with Crippen LogP contribution in [0.3, 0.4) is 0 Å². The molecule has 0 amide bonds. The van der Waals surface area contributed by atoms with Crippen LogP contribution < -0.4 is 15.0 Å². The van der Waals surface area contributed by atoms with Crippen LogP contribution >= 0.6 is 0 Å². The van der Waals surface area contributed by atoms with Crippen LogP contribution in [0.1, 0.15) is 12.7 Å². The molecule has 0 saturated carbocycles. The lowest BCUT2D eigenvalue weighted by Crippen LogP contribution is -2.21. The summed E-state index contributed by atoms with van der Waals surface area (Å²) in [5.41, 5.74) is 1.95. The summed E-state index contributed by atoms with van der Waals surface area (Å²) in [7, 11) is 5.62. The van der Waals surface area contributed by atoms with Gasteiger partial charge in [0.15, 0.2) is 0 Å². The van der Waals surface area contributed by atoms with Crippen LogP contribution in [0.2, 0.25) is 0 Å². The third-order valence-electron chi connectivity index (χ3n) is 3.05. The monoisotopic (exact) mass is 275 g/mol. The Hall–Kier alpha value is -2.17. The Labute approximate surface area is 119 Å². The summed E-state index contributed by atoms with van der Waals surface area (Å²) in [6, 6.07) is 6.05. The van der Waals surface area contributed by atoms with E-state index in [2.05, 4.69) is 17.2 Å². The summed E-state index contributed by atoms with van der Waals surface area (Å²) in [6.07, 6.45) is 4.24. The van der Waals surface area contributed by atoms with Crippen LogP contribution in [0, 0.1) is 0 Å². The van der Waals surface area contributed by atoms with E-state index < -0.39 is 0 Å². The fourth-order valence-electron chi connectivity index (χ4n) is 2.12. The molecule has 0 aliphatic heterocycles. The molecule has 1 atom stereocenters. The normalized spacial score (nSPS) is 12.0. The van der Waals surface area contributed by atoms with Crippen LogP contribution in [-0.4, -0.2) is 32.2 Å². The molecule has 0 aliphatic carbocycles. The number of rotatable bonds is 6. The fraction of sp³-hybridized carbons (Fsp3) is 0.400. The standard InChI is InChI=1S/C15H21N3O2/c1-11(10-12-6-5-9-20-12)17-14-13(18(2)3)7-8-16-15(14)19-4/h5-9,11,17H,10H2,1-4H3. The van der Waals surface area contributed by atoms with Crippen molar-refractivity contribution >= 4 is 11.4 Å². The molecule has 1 unspecified atom stereocenters. The molecule has 5 heteroatoms. The molecule has 0 spiro atoms. The fourth-order valence-corrected chi connectivity index (χ4v) is 2.12. The zero-order valence-electron chi connectivity index (χ0n) is 12.4. The number of hydrogen-bond donors (Lipinski definition) is 1. The van der Waals surface area contributed by atoms with Gasteiger partial charge in [-0.15, -0.1) is 0 Å². The highest BCUT2D eigenvalue weighted by Crippen LogP contribution is 2.32. The van der Waals surface area contributed by atoms with E-state index in [9.17, 15) is 0 Å². The second-order valence-corrected chi connectivity index (χ2v) is 4.94. The van der Waals surface area contributed by atoms with Crippen molar-refractivity contribution in [1.29, 1.82) is 0 Å². The van der Waals surface area contributed by atoms with Crippen molar-refractivity contribution in [2.75, 3.05) is 31.4 Å². The van der Waals surface area contributed by atoms with E-state index in [0.717, 1.165) is 23.6 Å². The van der Waals surface area contributed by atoms with E-state index in [1.54, 1.807) is 19.6 Å². The lowest BCUT2D eigenvalue weighted by molar-refractivity contribution is 0.399. The molecule has 0 saturated heterocycles. The smallest absolute Gasteiger partial charge is 0.239 e. The second-order valence-electron chi connectivity index (χ2n) is 4.94. The Bertz CT molecular complexity index is 538. The first-order chi connectivity index (χ1) is 9.61. The van der Waals surface area contributed by atoms with Gasteiger partial charge in [-0.25, -0.2) is 4.98 Å². The van der Waals surface area contributed by atoms with Gasteiger partial charge in [0.2, 0.25) is 5.88 Å². The van der Waals surface area contributed by atoms with Gasteiger partial charge in [0.1, 0.15) is 11.4 Å². The van der Waals surface area contributed by atoms with Crippen molar-refractivity contribution in [1.82, 2.24) is 4.98 Å². The molecule has 20 heavy (non-hydrogen) atoms. The number of hydrogen-bond acceptors (Lipinski definition) is 5. The lowest BCUT2D eigenvalue weighted by atomic mass is 10.2. The molecule has 2 heterocycles. The molecule has 0 aromatic carbocycles. The topological polar surface area (TPSA) is 50.5 Å². The van der Waals surface area contributed by atoms with Gasteiger partial charge in [0, 0.05) is 32.8 Å². The van der Waals surface area contributed by atoms with Gasteiger partial charge in [-0.1, -0.05) is 0 Å². The maximum absolute atomic E-state index is 5.38. The molecule has 0 aliphatic rings. The molecule has 0 bridgehead atoms. The maximum Gasteiger partial charge on any atom is 0.239 e. The summed E-state index contributed by atoms with van der Waals surface area (Å²) < 4.78 is 10.7. The summed E-state index contributed by atoms with van der Waals surface area (Å²) in [4.78, 5) is 6.29. The summed E-state index contributed by atoms with van der Waals surface area (Å²) in [5, 5.41) is 3.46.